The smallest absolute Gasteiger partial charge is 0.141 e. The van der Waals surface area contributed by atoms with Crippen LogP contribution in [0.5, 0.6) is 0 Å². The van der Waals surface area contributed by atoms with Crippen LogP contribution < -0.4 is 5.32 Å². The lowest BCUT2D eigenvalue weighted by Crippen LogP contribution is -2.47. The summed E-state index contributed by atoms with van der Waals surface area (Å²) in [5.41, 5.74) is 0.00700. The first kappa shape index (κ1) is 14.5. The molecule has 1 aliphatic rings. The minimum atomic E-state index is -0.923. The molecule has 1 atom stereocenters. The Morgan fingerprint density at radius 3 is 2.58 bits per heavy atom. The van der Waals surface area contributed by atoms with E-state index in [2.05, 4.69) is 10.2 Å². The average molecular weight is 264 g/mol. The summed E-state index contributed by atoms with van der Waals surface area (Å²) < 4.78 is 5.33. The van der Waals surface area contributed by atoms with Crippen LogP contribution in [0.1, 0.15) is 18.9 Å². The first-order valence-corrected chi connectivity index (χ1v) is 7.07. The Morgan fingerprint density at radius 1 is 1.26 bits per heavy atom. The highest BCUT2D eigenvalue weighted by Crippen LogP contribution is 2.21. The number of nitrogens with zero attached hydrogens (tertiary/aromatic N) is 1. The molecule has 19 heavy (non-hydrogen) atoms. The lowest BCUT2D eigenvalue weighted by atomic mass is 10.0. The molecule has 0 spiro atoms. The van der Waals surface area contributed by atoms with Crippen molar-refractivity contribution in [1.82, 2.24) is 10.2 Å². The van der Waals surface area contributed by atoms with Crippen molar-refractivity contribution in [3.63, 3.8) is 0 Å². The molecule has 106 valence electrons. The molecule has 1 aromatic rings. The van der Waals surface area contributed by atoms with Crippen molar-refractivity contribution < 1.29 is 9.84 Å². The van der Waals surface area contributed by atoms with Gasteiger partial charge in [0.2, 0.25) is 0 Å². The molecular formula is C15H24N2O2. The number of hydrogen-bond donors (Lipinski definition) is 2. The molecule has 0 amide bonds. The highest BCUT2D eigenvalue weighted by molar-refractivity contribution is 5.21. The molecule has 1 aliphatic heterocycles. The van der Waals surface area contributed by atoms with Crippen LogP contribution in [-0.4, -0.2) is 49.4 Å². The summed E-state index contributed by atoms with van der Waals surface area (Å²) >= 11 is 0. The molecule has 2 rings (SSSR count). The summed E-state index contributed by atoms with van der Waals surface area (Å²) in [5, 5.41) is 13.9. The van der Waals surface area contributed by atoms with Gasteiger partial charge in [-0.25, -0.2) is 0 Å². The third kappa shape index (κ3) is 4.01. The first-order valence-electron chi connectivity index (χ1n) is 7.07. The number of benzene rings is 1. The highest BCUT2D eigenvalue weighted by atomic mass is 16.5. The zero-order valence-corrected chi connectivity index (χ0v) is 11.6. The quantitative estimate of drug-likeness (QED) is 0.757. The van der Waals surface area contributed by atoms with E-state index in [9.17, 15) is 5.11 Å². The fourth-order valence-electron chi connectivity index (χ4n) is 2.39. The van der Waals surface area contributed by atoms with E-state index in [-0.39, 0.29) is 0 Å². The zero-order valence-electron chi connectivity index (χ0n) is 11.6. The normalized spacial score (nSPS) is 20.1. The summed E-state index contributed by atoms with van der Waals surface area (Å²) in [4.78, 5) is 2.36. The third-order valence-electron chi connectivity index (χ3n) is 3.71. The summed E-state index contributed by atoms with van der Waals surface area (Å²) in [6.45, 7) is 7.31. The van der Waals surface area contributed by atoms with Gasteiger partial charge in [-0.2, -0.15) is 0 Å². The zero-order chi connectivity index (χ0) is 13.6. The second kappa shape index (κ2) is 7.01. The average Bonchev–Trinajstić information content (AvgIpc) is 2.49. The number of hydrogen-bond acceptors (Lipinski definition) is 4. The summed E-state index contributed by atoms with van der Waals surface area (Å²) in [6, 6.07) is 9.81. The van der Waals surface area contributed by atoms with E-state index < -0.39 is 5.72 Å². The van der Waals surface area contributed by atoms with Crippen LogP contribution in [0.15, 0.2) is 30.3 Å². The Balaban J connectivity index is 1.85. The number of aliphatic hydroxyl groups is 1. The fourth-order valence-corrected chi connectivity index (χ4v) is 2.39. The Morgan fingerprint density at radius 2 is 1.95 bits per heavy atom. The minimum absolute atomic E-state index is 0.653. The van der Waals surface area contributed by atoms with Gasteiger partial charge in [0.25, 0.3) is 0 Å². The summed E-state index contributed by atoms with van der Waals surface area (Å²) in [6.07, 6.45) is 0.653. The number of rotatable bonds is 6. The molecule has 1 saturated heterocycles. The number of morpholine rings is 1. The molecule has 0 aromatic heterocycles. The van der Waals surface area contributed by atoms with Crippen LogP contribution in [0.2, 0.25) is 0 Å². The van der Waals surface area contributed by atoms with Crippen molar-refractivity contribution >= 4 is 0 Å². The summed E-state index contributed by atoms with van der Waals surface area (Å²) in [7, 11) is 0. The van der Waals surface area contributed by atoms with Crippen LogP contribution in [-0.2, 0) is 10.5 Å². The van der Waals surface area contributed by atoms with Crippen molar-refractivity contribution in [1.29, 1.82) is 0 Å². The third-order valence-corrected chi connectivity index (χ3v) is 3.71. The molecule has 2 N–H and O–H groups in total. The molecule has 4 nitrogen and oxygen atoms in total. The van der Waals surface area contributed by atoms with Crippen LogP contribution in [0.3, 0.4) is 0 Å². The Kier molecular flexibility index (Phi) is 5.34. The molecule has 0 saturated carbocycles. The van der Waals surface area contributed by atoms with E-state index in [1.165, 1.54) is 0 Å². The SMILES string of the molecule is CCC(O)(NCCN1CCOCC1)c1ccccc1. The standard InChI is InChI=1S/C15H24N2O2/c1-2-15(18,14-6-4-3-5-7-14)16-8-9-17-10-12-19-13-11-17/h3-7,16,18H,2,8-13H2,1H3. The van der Waals surface area contributed by atoms with Crippen molar-refractivity contribution in [3.05, 3.63) is 35.9 Å². The van der Waals surface area contributed by atoms with Gasteiger partial charge in [0.05, 0.1) is 13.2 Å². The molecule has 0 radical (unpaired) electrons. The Hall–Kier alpha value is -0.940. The molecular weight excluding hydrogens is 240 g/mol. The lowest BCUT2D eigenvalue weighted by Gasteiger charge is -2.31. The van der Waals surface area contributed by atoms with Gasteiger partial charge in [0.1, 0.15) is 5.72 Å². The van der Waals surface area contributed by atoms with Gasteiger partial charge in [-0.1, -0.05) is 37.3 Å². The van der Waals surface area contributed by atoms with Crippen molar-refractivity contribution in [3.8, 4) is 0 Å². The van der Waals surface area contributed by atoms with Gasteiger partial charge < -0.3 is 9.84 Å². The van der Waals surface area contributed by atoms with Gasteiger partial charge >= 0.3 is 0 Å². The van der Waals surface area contributed by atoms with Gasteiger partial charge in [-0.15, -0.1) is 0 Å². The molecule has 1 fully saturated rings. The predicted molar refractivity (Wildman–Crippen MR) is 75.9 cm³/mol. The number of nitrogens with one attached hydrogen (secondary N) is 1. The van der Waals surface area contributed by atoms with Gasteiger partial charge in [0.15, 0.2) is 0 Å². The van der Waals surface area contributed by atoms with Crippen LogP contribution >= 0.6 is 0 Å². The second-order valence-corrected chi connectivity index (χ2v) is 4.96. The van der Waals surface area contributed by atoms with Crippen molar-refractivity contribution in [2.45, 2.75) is 19.1 Å². The highest BCUT2D eigenvalue weighted by Gasteiger charge is 2.26. The predicted octanol–water partition coefficient (Wildman–Crippen LogP) is 1.16. The maximum Gasteiger partial charge on any atom is 0.141 e. The second-order valence-electron chi connectivity index (χ2n) is 4.96. The van der Waals surface area contributed by atoms with E-state index >= 15 is 0 Å². The maximum absolute atomic E-state index is 10.7. The molecule has 1 heterocycles. The number of ether oxygens (including phenoxy) is 1. The maximum atomic E-state index is 10.7. The van der Waals surface area contributed by atoms with Crippen LogP contribution in [0, 0.1) is 0 Å². The van der Waals surface area contributed by atoms with E-state index in [0.29, 0.717) is 6.42 Å². The topological polar surface area (TPSA) is 44.7 Å². The van der Waals surface area contributed by atoms with Gasteiger partial charge in [-0.3, -0.25) is 10.2 Å². The van der Waals surface area contributed by atoms with Gasteiger partial charge in [-0.05, 0) is 12.0 Å². The van der Waals surface area contributed by atoms with Crippen LogP contribution in [0.25, 0.3) is 0 Å². The van der Waals surface area contributed by atoms with E-state index in [0.717, 1.165) is 45.0 Å². The monoisotopic (exact) mass is 264 g/mol. The molecule has 4 heteroatoms. The van der Waals surface area contributed by atoms with Gasteiger partial charge in [0, 0.05) is 26.2 Å². The molecule has 0 aliphatic carbocycles. The van der Waals surface area contributed by atoms with E-state index in [1.807, 2.05) is 37.3 Å². The van der Waals surface area contributed by atoms with Crippen molar-refractivity contribution in [2.75, 3.05) is 39.4 Å². The summed E-state index contributed by atoms with van der Waals surface area (Å²) in [5.74, 6) is 0. The van der Waals surface area contributed by atoms with E-state index in [4.69, 9.17) is 4.74 Å². The minimum Gasteiger partial charge on any atom is -0.379 e. The molecule has 1 aromatic carbocycles. The van der Waals surface area contributed by atoms with Crippen molar-refractivity contribution in [2.24, 2.45) is 0 Å². The lowest BCUT2D eigenvalue weighted by molar-refractivity contribution is -0.0103. The van der Waals surface area contributed by atoms with E-state index in [1.54, 1.807) is 0 Å². The fraction of sp³-hybridized carbons (Fsp3) is 0.600. The Labute approximate surface area is 115 Å². The van der Waals surface area contributed by atoms with Crippen LogP contribution in [0.4, 0.5) is 0 Å². The Bertz CT molecular complexity index is 366. The molecule has 0 bridgehead atoms. The largest absolute Gasteiger partial charge is 0.379 e. The molecule has 1 unspecified atom stereocenters. The first-order chi connectivity index (χ1) is 9.24.